The maximum atomic E-state index is 12.6. The smallest absolute Gasteiger partial charge is 0.543 e. The van der Waals surface area contributed by atoms with Gasteiger partial charge in [-0.25, -0.2) is 9.67 Å². The summed E-state index contributed by atoms with van der Waals surface area (Å²) < 4.78 is 1.47. The molecule has 16 heteroatoms. The van der Waals surface area contributed by atoms with Gasteiger partial charge in [-0.3, -0.25) is 14.5 Å². The predicted octanol–water partition coefficient (Wildman–Crippen LogP) is -5.01. The first-order valence-corrected chi connectivity index (χ1v) is 11.5. The fourth-order valence-corrected chi connectivity index (χ4v) is 5.97. The van der Waals surface area contributed by atoms with Gasteiger partial charge in [0.1, 0.15) is 11.4 Å². The number of amides is 2. The van der Waals surface area contributed by atoms with Crippen LogP contribution in [0.5, 0.6) is 0 Å². The Kier molecular flexibility index (Phi) is 7.64. The van der Waals surface area contributed by atoms with Crippen molar-refractivity contribution in [1.82, 2.24) is 35.4 Å². The van der Waals surface area contributed by atoms with E-state index in [9.17, 15) is 19.5 Å². The van der Waals surface area contributed by atoms with Crippen molar-refractivity contribution in [2.24, 2.45) is 7.05 Å². The normalized spacial score (nSPS) is 20.0. The number of carboxylic acids is 1. The van der Waals surface area contributed by atoms with Crippen LogP contribution < -0.4 is 45.7 Å². The molecule has 2 aromatic heterocycles. The van der Waals surface area contributed by atoms with E-state index >= 15 is 0 Å². The average Bonchev–Trinajstić information content (AvgIpc) is 3.31. The van der Waals surface area contributed by atoms with Gasteiger partial charge in [-0.15, -0.1) is 28.2 Å². The van der Waals surface area contributed by atoms with Crippen LogP contribution >= 0.6 is 34.9 Å². The maximum absolute atomic E-state index is 12.6. The Bertz CT molecular complexity index is 1060. The molecule has 1 unspecified atom stereocenters. The molecule has 1 saturated heterocycles. The van der Waals surface area contributed by atoms with E-state index in [1.807, 2.05) is 0 Å². The number of carbonyl (C=O) groups is 3. The molecule has 158 valence electrons. The Labute approximate surface area is 210 Å². The van der Waals surface area contributed by atoms with Gasteiger partial charge in [0.25, 0.3) is 5.91 Å². The molecule has 1 fully saturated rings. The van der Waals surface area contributed by atoms with E-state index in [0.717, 1.165) is 0 Å². The molecule has 0 bridgehead atoms. The monoisotopic (exact) mass is 490 g/mol. The van der Waals surface area contributed by atoms with Gasteiger partial charge in [0.05, 0.1) is 23.8 Å². The molecule has 3 N–H and O–H groups in total. The van der Waals surface area contributed by atoms with E-state index in [-0.39, 0.29) is 47.6 Å². The zero-order valence-corrected chi connectivity index (χ0v) is 20.9. The van der Waals surface area contributed by atoms with E-state index in [4.69, 9.17) is 5.73 Å². The SMILES string of the molecule is Cn1nnnc1SCC1=C(C(=O)[O-])N2C(=O)C(NC(=O)Cc3csc(N)n3)[C@H]2SC1.[Na+]. The zero-order valence-electron chi connectivity index (χ0n) is 16.5. The number of fused-ring (bicyclic) bond motifs is 1. The Morgan fingerprint density at radius 1 is 1.45 bits per heavy atom. The van der Waals surface area contributed by atoms with Gasteiger partial charge in [-0.05, 0) is 16.0 Å². The van der Waals surface area contributed by atoms with Crippen LogP contribution in [-0.4, -0.2) is 70.8 Å². The number of anilines is 1. The summed E-state index contributed by atoms with van der Waals surface area (Å²) in [6, 6.07) is -0.801. The Morgan fingerprint density at radius 3 is 2.84 bits per heavy atom. The summed E-state index contributed by atoms with van der Waals surface area (Å²) in [5.74, 6) is -1.62. The summed E-state index contributed by atoms with van der Waals surface area (Å²) in [6.07, 6.45) is -0.00826. The average molecular weight is 491 g/mol. The van der Waals surface area contributed by atoms with Crippen molar-refractivity contribution in [3.05, 3.63) is 22.3 Å². The Balaban J connectivity index is 0.00000272. The molecule has 12 nitrogen and oxygen atoms in total. The van der Waals surface area contributed by atoms with Crippen molar-refractivity contribution in [3.8, 4) is 0 Å². The molecule has 4 rings (SSSR count). The molecule has 0 saturated carbocycles. The molecular weight excluding hydrogens is 475 g/mol. The number of nitrogen functional groups attached to an aromatic ring is 1. The van der Waals surface area contributed by atoms with E-state index in [0.29, 0.717) is 33.1 Å². The fraction of sp³-hybridized carbons (Fsp3) is 0.400. The van der Waals surface area contributed by atoms with Crippen LogP contribution in [0, 0.1) is 0 Å². The minimum atomic E-state index is -1.43. The van der Waals surface area contributed by atoms with Crippen molar-refractivity contribution in [2.45, 2.75) is 23.0 Å². The van der Waals surface area contributed by atoms with Crippen molar-refractivity contribution in [3.63, 3.8) is 0 Å². The van der Waals surface area contributed by atoms with Gasteiger partial charge in [0, 0.05) is 23.9 Å². The van der Waals surface area contributed by atoms with Crippen LogP contribution in [0.25, 0.3) is 0 Å². The number of carbonyl (C=O) groups excluding carboxylic acids is 3. The Hall–Kier alpha value is -1.65. The molecule has 2 aliphatic rings. The van der Waals surface area contributed by atoms with Crippen molar-refractivity contribution in [2.75, 3.05) is 17.2 Å². The molecule has 0 aromatic carbocycles. The summed E-state index contributed by atoms with van der Waals surface area (Å²) >= 11 is 3.87. The number of hydrogen-bond donors (Lipinski definition) is 2. The first kappa shape index (κ1) is 24.0. The third kappa shape index (κ3) is 4.90. The fourth-order valence-electron chi connectivity index (χ4n) is 3.07. The summed E-state index contributed by atoms with van der Waals surface area (Å²) in [5, 5.41) is 27.6. The summed E-state index contributed by atoms with van der Waals surface area (Å²) in [5.41, 5.74) is 6.46. The largest absolute Gasteiger partial charge is 1.00 e. The summed E-state index contributed by atoms with van der Waals surface area (Å²) in [4.78, 5) is 41.9. The minimum Gasteiger partial charge on any atom is -0.543 e. The van der Waals surface area contributed by atoms with Gasteiger partial charge >= 0.3 is 29.6 Å². The molecular formula is C15H15N8NaO4S3. The molecule has 2 atom stereocenters. The van der Waals surface area contributed by atoms with Crippen LogP contribution in [0.15, 0.2) is 21.8 Å². The third-order valence-electron chi connectivity index (χ3n) is 4.43. The van der Waals surface area contributed by atoms with Gasteiger partial charge in [0.15, 0.2) is 5.13 Å². The number of carboxylic acid groups (broad SMARTS) is 1. The second-order valence-corrected chi connectivity index (χ2v) is 9.36. The number of nitrogens with one attached hydrogen (secondary N) is 1. The number of thioether (sulfide) groups is 2. The first-order valence-electron chi connectivity index (χ1n) is 8.57. The zero-order chi connectivity index (χ0) is 21.4. The molecule has 2 aromatic rings. The number of thiazole rings is 1. The topological polar surface area (TPSA) is 172 Å². The Morgan fingerprint density at radius 2 is 2.23 bits per heavy atom. The second kappa shape index (κ2) is 9.87. The number of β-lactam (4-membered cyclic amide) rings is 1. The van der Waals surface area contributed by atoms with Crippen LogP contribution in [-0.2, 0) is 27.9 Å². The first-order chi connectivity index (χ1) is 14.3. The van der Waals surface area contributed by atoms with Crippen molar-refractivity contribution in [1.29, 1.82) is 0 Å². The van der Waals surface area contributed by atoms with Crippen LogP contribution in [0.4, 0.5) is 5.13 Å². The van der Waals surface area contributed by atoms with E-state index in [1.54, 1.807) is 12.4 Å². The van der Waals surface area contributed by atoms with Crippen molar-refractivity contribution < 1.29 is 49.0 Å². The summed E-state index contributed by atoms with van der Waals surface area (Å²) in [7, 11) is 1.67. The van der Waals surface area contributed by atoms with Gasteiger partial charge < -0.3 is 21.0 Å². The van der Waals surface area contributed by atoms with Gasteiger partial charge in [-0.1, -0.05) is 11.8 Å². The number of rotatable bonds is 7. The molecule has 2 aliphatic heterocycles. The third-order valence-corrected chi connectivity index (χ3v) is 7.58. The van der Waals surface area contributed by atoms with Crippen LogP contribution in [0.3, 0.4) is 0 Å². The number of nitrogens with two attached hydrogens (primary N) is 1. The standard InChI is InChI=1S/C15H16N8O4S3.Na/c1-22-15(19-20-21-22)30-4-6-3-28-12-9(11(25)23(12)10(6)13(26)27)18-8(24)2-7-5-29-14(16)17-7;/h5,9,12H,2-4H2,1H3,(H2,16,17)(H,18,24)(H,26,27);/q;+1/p-1/t9?,12-;/m1./s1. The molecule has 0 aliphatic carbocycles. The number of aryl methyl sites for hydroxylation is 1. The second-order valence-electron chi connectivity index (χ2n) is 6.42. The van der Waals surface area contributed by atoms with Gasteiger partial charge in [-0.2, -0.15) is 0 Å². The molecule has 0 spiro atoms. The number of tetrazole rings is 1. The minimum absolute atomic E-state index is 0. The number of hydrogen-bond acceptors (Lipinski definition) is 12. The van der Waals surface area contributed by atoms with E-state index in [1.165, 1.54) is 44.4 Å². The van der Waals surface area contributed by atoms with E-state index in [2.05, 4.69) is 25.8 Å². The van der Waals surface area contributed by atoms with Crippen LogP contribution in [0.1, 0.15) is 5.69 Å². The molecule has 4 heterocycles. The summed E-state index contributed by atoms with van der Waals surface area (Å²) in [6.45, 7) is 0. The predicted molar refractivity (Wildman–Crippen MR) is 107 cm³/mol. The molecule has 0 radical (unpaired) electrons. The van der Waals surface area contributed by atoms with Gasteiger partial charge in [0.2, 0.25) is 11.1 Å². The maximum Gasteiger partial charge on any atom is 1.00 e. The number of aromatic nitrogens is 5. The number of aliphatic carboxylic acids is 1. The molecule has 2 amide bonds. The quantitative estimate of drug-likeness (QED) is 0.216. The van der Waals surface area contributed by atoms with Crippen molar-refractivity contribution >= 4 is 57.8 Å². The number of nitrogens with zero attached hydrogens (tertiary/aromatic N) is 6. The van der Waals surface area contributed by atoms with E-state index < -0.39 is 23.3 Å². The van der Waals surface area contributed by atoms with Crippen LogP contribution in [0.2, 0.25) is 0 Å². The molecule has 31 heavy (non-hydrogen) atoms.